The minimum Gasteiger partial charge on any atom is -0.493 e. The molecule has 1 aliphatic rings. The summed E-state index contributed by atoms with van der Waals surface area (Å²) in [6.45, 7) is 11.1. The molecule has 1 saturated heterocycles. The molecule has 0 bridgehead atoms. The zero-order valence-electron chi connectivity index (χ0n) is 21.9. The third-order valence-electron chi connectivity index (χ3n) is 6.21. The van der Waals surface area contributed by atoms with Crippen molar-refractivity contribution in [3.05, 3.63) is 66.2 Å². The second-order valence-corrected chi connectivity index (χ2v) is 9.14. The van der Waals surface area contributed by atoms with E-state index in [1.165, 1.54) is 0 Å². The molecule has 2 aromatic carbocycles. The van der Waals surface area contributed by atoms with Crippen LogP contribution in [-0.2, 0) is 27.3 Å². The number of carbonyl (C=O) groups excluding carboxylic acids is 1. The van der Waals surface area contributed by atoms with Crippen molar-refractivity contribution < 1.29 is 28.5 Å². The molecule has 3 rings (SSSR count). The second-order valence-electron chi connectivity index (χ2n) is 9.14. The Morgan fingerprint density at radius 3 is 2.25 bits per heavy atom. The summed E-state index contributed by atoms with van der Waals surface area (Å²) in [4.78, 5) is 15.6. The molecule has 0 aliphatic carbocycles. The lowest BCUT2D eigenvalue weighted by Crippen LogP contribution is -2.46. The van der Waals surface area contributed by atoms with Gasteiger partial charge in [0, 0.05) is 19.0 Å². The van der Waals surface area contributed by atoms with Crippen LogP contribution in [0.15, 0.2) is 55.1 Å². The number of morpholine rings is 1. The number of hydrogen-bond donors (Lipinski definition) is 0. The molecule has 1 fully saturated rings. The lowest BCUT2D eigenvalue weighted by Gasteiger charge is -2.33. The highest BCUT2D eigenvalue weighted by Crippen LogP contribution is 2.40. The van der Waals surface area contributed by atoms with Crippen LogP contribution in [0.1, 0.15) is 25.0 Å². The van der Waals surface area contributed by atoms with Gasteiger partial charge < -0.3 is 28.6 Å². The first-order valence-electron chi connectivity index (χ1n) is 12.5. The van der Waals surface area contributed by atoms with Crippen LogP contribution in [0.25, 0.3) is 0 Å². The average Bonchev–Trinajstić information content (AvgIpc) is 2.91. The summed E-state index contributed by atoms with van der Waals surface area (Å²) >= 11 is 0. The molecular formula is C29H39NO6. The molecule has 2 atom stereocenters. The Morgan fingerprint density at radius 1 is 1.06 bits per heavy atom. The Labute approximate surface area is 214 Å². The van der Waals surface area contributed by atoms with Crippen LogP contribution in [0.5, 0.6) is 17.2 Å². The molecule has 0 radical (unpaired) electrons. The van der Waals surface area contributed by atoms with Gasteiger partial charge in [-0.05, 0) is 43.5 Å². The number of amides is 1. The molecule has 0 spiro atoms. The molecule has 7 nitrogen and oxygen atoms in total. The predicted octanol–water partition coefficient (Wildman–Crippen LogP) is 4.53. The highest BCUT2D eigenvalue weighted by molar-refractivity contribution is 5.80. The average molecular weight is 498 g/mol. The van der Waals surface area contributed by atoms with Gasteiger partial charge in [0.05, 0.1) is 52.7 Å². The Bertz CT molecular complexity index is 946. The summed E-state index contributed by atoms with van der Waals surface area (Å²) in [6.07, 6.45) is 2.27. The van der Waals surface area contributed by atoms with Crippen molar-refractivity contribution in [2.45, 2.75) is 33.0 Å². The van der Waals surface area contributed by atoms with E-state index in [2.05, 4.69) is 6.58 Å². The van der Waals surface area contributed by atoms with Gasteiger partial charge in [0.25, 0.3) is 0 Å². The topological polar surface area (TPSA) is 66.5 Å². The smallest absolute Gasteiger partial charge is 0.226 e. The number of methoxy groups -OCH3 is 2. The molecule has 0 N–H and O–H groups in total. The third kappa shape index (κ3) is 7.48. The first-order valence-corrected chi connectivity index (χ1v) is 12.5. The number of rotatable bonds is 13. The van der Waals surface area contributed by atoms with E-state index in [-0.39, 0.29) is 23.8 Å². The predicted molar refractivity (Wildman–Crippen MR) is 140 cm³/mol. The summed E-state index contributed by atoms with van der Waals surface area (Å²) in [6, 6.07) is 13.9. The summed E-state index contributed by atoms with van der Waals surface area (Å²) in [5.41, 5.74) is 2.01. The van der Waals surface area contributed by atoms with Crippen molar-refractivity contribution in [3.8, 4) is 17.2 Å². The summed E-state index contributed by atoms with van der Waals surface area (Å²) in [7, 11) is 3.21. The zero-order valence-corrected chi connectivity index (χ0v) is 21.9. The minimum absolute atomic E-state index is 0.0405. The van der Waals surface area contributed by atoms with Crippen LogP contribution in [0.4, 0.5) is 0 Å². The van der Waals surface area contributed by atoms with E-state index >= 15 is 0 Å². The molecule has 7 heteroatoms. The van der Waals surface area contributed by atoms with Crippen LogP contribution in [0, 0.1) is 11.8 Å². The highest BCUT2D eigenvalue weighted by atomic mass is 16.5. The van der Waals surface area contributed by atoms with Crippen molar-refractivity contribution in [1.29, 1.82) is 0 Å². The van der Waals surface area contributed by atoms with Gasteiger partial charge in [0.15, 0.2) is 11.5 Å². The molecule has 0 saturated carbocycles. The van der Waals surface area contributed by atoms with Gasteiger partial charge in [-0.25, -0.2) is 0 Å². The first-order chi connectivity index (χ1) is 17.5. The van der Waals surface area contributed by atoms with Gasteiger partial charge in [0.1, 0.15) is 0 Å². The Balaban J connectivity index is 1.85. The van der Waals surface area contributed by atoms with Gasteiger partial charge in [-0.1, -0.05) is 36.4 Å². The number of benzene rings is 2. The fraction of sp³-hybridized carbons (Fsp3) is 0.483. The first kappa shape index (κ1) is 27.6. The van der Waals surface area contributed by atoms with Crippen molar-refractivity contribution in [2.24, 2.45) is 11.8 Å². The maximum Gasteiger partial charge on any atom is 0.226 e. The van der Waals surface area contributed by atoms with Crippen LogP contribution >= 0.6 is 0 Å². The third-order valence-corrected chi connectivity index (χ3v) is 6.21. The van der Waals surface area contributed by atoms with E-state index < -0.39 is 0 Å². The molecule has 36 heavy (non-hydrogen) atoms. The maximum absolute atomic E-state index is 13.7. The number of nitrogens with zero attached hydrogens (tertiary/aromatic N) is 1. The van der Waals surface area contributed by atoms with Crippen molar-refractivity contribution in [2.75, 3.05) is 47.1 Å². The standard InChI is InChI=1S/C29H39NO6/c1-6-24(20-35-19-22-10-8-7-9-11-22)25(29(31)30-12-14-34-15-13-30)16-23-17-26(32-4)28(36-21(2)3)27(18-23)33-5/h6-11,17-18,21,24-25H,1,12-16,19-20H2,2-5H3/t24-,25-/m1/s1. The summed E-state index contributed by atoms with van der Waals surface area (Å²) in [5, 5.41) is 0. The summed E-state index contributed by atoms with van der Waals surface area (Å²) in [5.74, 6) is 1.25. The molecule has 196 valence electrons. The van der Waals surface area contributed by atoms with E-state index in [0.29, 0.717) is 63.2 Å². The van der Waals surface area contributed by atoms with Crippen LogP contribution < -0.4 is 14.2 Å². The van der Waals surface area contributed by atoms with E-state index in [9.17, 15) is 4.79 Å². The fourth-order valence-corrected chi connectivity index (χ4v) is 4.33. The van der Waals surface area contributed by atoms with E-state index in [4.69, 9.17) is 23.7 Å². The monoisotopic (exact) mass is 497 g/mol. The quantitative estimate of drug-likeness (QED) is 0.379. The molecule has 0 aromatic heterocycles. The van der Waals surface area contributed by atoms with Gasteiger partial charge in [0.2, 0.25) is 11.7 Å². The SMILES string of the molecule is C=C[C@H](COCc1ccccc1)[C@@H](Cc1cc(OC)c(OC(C)C)c(OC)c1)C(=O)N1CCOCC1. The molecule has 1 amide bonds. The molecule has 0 unspecified atom stereocenters. The van der Waals surface area contributed by atoms with E-state index in [1.807, 2.05) is 67.3 Å². The van der Waals surface area contributed by atoms with Crippen molar-refractivity contribution in [1.82, 2.24) is 4.90 Å². The zero-order chi connectivity index (χ0) is 25.9. The number of hydrogen-bond acceptors (Lipinski definition) is 6. The van der Waals surface area contributed by atoms with Crippen molar-refractivity contribution in [3.63, 3.8) is 0 Å². The molecule has 1 heterocycles. The minimum atomic E-state index is -0.359. The summed E-state index contributed by atoms with van der Waals surface area (Å²) < 4.78 is 28.7. The number of carbonyl (C=O) groups is 1. The van der Waals surface area contributed by atoms with Gasteiger partial charge in [-0.3, -0.25) is 4.79 Å². The van der Waals surface area contributed by atoms with Crippen LogP contribution in [-0.4, -0.2) is 64.0 Å². The largest absolute Gasteiger partial charge is 0.493 e. The van der Waals surface area contributed by atoms with E-state index in [0.717, 1.165) is 11.1 Å². The maximum atomic E-state index is 13.7. The molecule has 2 aromatic rings. The normalized spacial score (nSPS) is 15.3. The van der Waals surface area contributed by atoms with Crippen molar-refractivity contribution >= 4 is 5.91 Å². The van der Waals surface area contributed by atoms with Crippen LogP contribution in [0.2, 0.25) is 0 Å². The Morgan fingerprint density at radius 2 is 1.69 bits per heavy atom. The Kier molecular flexibility index (Phi) is 10.6. The number of ether oxygens (including phenoxy) is 5. The Hall–Kier alpha value is -3.03. The molecular weight excluding hydrogens is 458 g/mol. The lowest BCUT2D eigenvalue weighted by molar-refractivity contribution is -0.141. The highest BCUT2D eigenvalue weighted by Gasteiger charge is 2.32. The molecule has 1 aliphatic heterocycles. The van der Waals surface area contributed by atoms with Gasteiger partial charge in [-0.15, -0.1) is 6.58 Å². The second kappa shape index (κ2) is 13.9. The lowest BCUT2D eigenvalue weighted by atomic mass is 9.85. The fourth-order valence-electron chi connectivity index (χ4n) is 4.33. The van der Waals surface area contributed by atoms with Gasteiger partial charge >= 0.3 is 0 Å². The van der Waals surface area contributed by atoms with E-state index in [1.54, 1.807) is 14.2 Å². The van der Waals surface area contributed by atoms with Gasteiger partial charge in [-0.2, -0.15) is 0 Å². The van der Waals surface area contributed by atoms with Crippen LogP contribution in [0.3, 0.4) is 0 Å².